The van der Waals surface area contributed by atoms with Gasteiger partial charge >= 0.3 is 0 Å². The van der Waals surface area contributed by atoms with Crippen LogP contribution in [0.5, 0.6) is 0 Å². The summed E-state index contributed by atoms with van der Waals surface area (Å²) in [6, 6.07) is 41.3. The van der Waals surface area contributed by atoms with Crippen molar-refractivity contribution in [2.24, 2.45) is 0 Å². The molecule has 1 unspecified atom stereocenters. The fourth-order valence-corrected chi connectivity index (χ4v) is 9.23. The number of nitrogens with one attached hydrogen (secondary N) is 2. The Morgan fingerprint density at radius 2 is 1.31 bits per heavy atom. The molecule has 3 N–H and O–H groups in total. The number of rotatable bonds is 14. The molecule has 5 aromatic rings. The van der Waals surface area contributed by atoms with Gasteiger partial charge in [0.2, 0.25) is 15.9 Å². The average Bonchev–Trinajstić information content (AvgIpc) is 3.24. The lowest BCUT2D eigenvalue weighted by molar-refractivity contribution is -0.263. The number of carbonyl (C=O) groups excluding carboxylic acids is 1. The maximum Gasteiger partial charge on any atom is 0.241 e. The van der Waals surface area contributed by atoms with Crippen LogP contribution >= 0.6 is 0 Å². The summed E-state index contributed by atoms with van der Waals surface area (Å²) < 4.78 is 43.4. The van der Waals surface area contributed by atoms with Gasteiger partial charge in [-0.3, -0.25) is 4.79 Å². The topological polar surface area (TPSA) is 117 Å². The van der Waals surface area contributed by atoms with Gasteiger partial charge in [-0.25, -0.2) is 8.42 Å². The highest BCUT2D eigenvalue weighted by Gasteiger charge is 2.42. The van der Waals surface area contributed by atoms with Crippen molar-refractivity contribution in [3.05, 3.63) is 172 Å². The molecule has 2 aliphatic rings. The van der Waals surface area contributed by atoms with Crippen molar-refractivity contribution in [1.82, 2.24) is 14.9 Å². The highest BCUT2D eigenvalue weighted by atomic mass is 32.2. The van der Waals surface area contributed by atoms with E-state index < -0.39 is 28.3 Å². The lowest BCUT2D eigenvalue weighted by atomic mass is 9.83. The van der Waals surface area contributed by atoms with E-state index in [0.717, 1.165) is 58.6 Å². The van der Waals surface area contributed by atoms with Crippen LogP contribution in [-0.2, 0) is 43.9 Å². The SMILES string of the molecule is Cc1ccc(S(=O)(=O)N[C@H](Cc2ccccc2)C(=O)NCc2ccc(C3O[C@H](CN4CCCCCCC4)[C@@H](c4ccccc4)[C@H](c4ccc(CO)cc4)O3)cc2)cc1. The van der Waals surface area contributed by atoms with E-state index in [9.17, 15) is 18.3 Å². The molecule has 0 aliphatic carbocycles. The second-order valence-electron chi connectivity index (χ2n) is 15.6. The number of amides is 1. The first-order valence-electron chi connectivity index (χ1n) is 20.5. The van der Waals surface area contributed by atoms with Crippen LogP contribution in [0.25, 0.3) is 0 Å². The fraction of sp³-hybridized carbons (Fsp3) is 0.354. The van der Waals surface area contributed by atoms with Crippen molar-refractivity contribution < 1.29 is 27.8 Å². The predicted octanol–water partition coefficient (Wildman–Crippen LogP) is 7.90. The van der Waals surface area contributed by atoms with Crippen LogP contribution in [0.1, 0.15) is 89.4 Å². The number of hydrogen-bond acceptors (Lipinski definition) is 7. The second kappa shape index (κ2) is 19.8. The van der Waals surface area contributed by atoms with Gasteiger partial charge in [-0.15, -0.1) is 0 Å². The molecule has 9 nitrogen and oxygen atoms in total. The van der Waals surface area contributed by atoms with Gasteiger partial charge in [0.05, 0.1) is 23.7 Å². The zero-order chi connectivity index (χ0) is 40.3. The van der Waals surface area contributed by atoms with E-state index in [1.54, 1.807) is 24.3 Å². The first-order chi connectivity index (χ1) is 28.3. The number of aliphatic hydroxyl groups is 1. The third-order valence-electron chi connectivity index (χ3n) is 11.3. The summed E-state index contributed by atoms with van der Waals surface area (Å²) in [6.45, 7) is 4.94. The van der Waals surface area contributed by atoms with Crippen molar-refractivity contribution in [2.45, 2.75) is 94.0 Å². The van der Waals surface area contributed by atoms with Crippen molar-refractivity contribution in [3.8, 4) is 0 Å². The number of nitrogens with zero attached hydrogens (tertiary/aromatic N) is 1. The molecule has 58 heavy (non-hydrogen) atoms. The Morgan fingerprint density at radius 1 is 0.707 bits per heavy atom. The number of hydrogen-bond donors (Lipinski definition) is 3. The van der Waals surface area contributed by atoms with E-state index in [-0.39, 0.29) is 42.6 Å². The number of benzene rings is 5. The van der Waals surface area contributed by atoms with Crippen LogP contribution in [0, 0.1) is 6.92 Å². The number of aryl methyl sites for hydroxylation is 1. The lowest BCUT2D eigenvalue weighted by Crippen LogP contribution is -2.47. The number of aliphatic hydroxyl groups excluding tert-OH is 1. The first-order valence-corrected chi connectivity index (χ1v) is 22.0. The largest absolute Gasteiger partial charge is 0.392 e. The Balaban J connectivity index is 1.10. The monoisotopic (exact) mass is 801 g/mol. The molecule has 304 valence electrons. The molecule has 0 bridgehead atoms. The summed E-state index contributed by atoms with van der Waals surface area (Å²) in [5.41, 5.74) is 6.53. The Morgan fingerprint density at radius 3 is 1.97 bits per heavy atom. The summed E-state index contributed by atoms with van der Waals surface area (Å²) in [4.78, 5) is 16.4. The molecule has 1 amide bonds. The van der Waals surface area contributed by atoms with Gasteiger partial charge < -0.3 is 24.8 Å². The minimum absolute atomic E-state index is 0.0270. The fourth-order valence-electron chi connectivity index (χ4n) is 8.03. The Bertz CT molecular complexity index is 2140. The van der Waals surface area contributed by atoms with Gasteiger partial charge in [-0.2, -0.15) is 4.72 Å². The molecule has 2 saturated heterocycles. The molecule has 2 heterocycles. The molecular weight excluding hydrogens is 747 g/mol. The first kappa shape index (κ1) is 41.5. The van der Waals surface area contributed by atoms with Gasteiger partial charge in [0, 0.05) is 24.6 Å². The van der Waals surface area contributed by atoms with Crippen molar-refractivity contribution >= 4 is 15.9 Å². The van der Waals surface area contributed by atoms with E-state index in [2.05, 4.69) is 51.3 Å². The van der Waals surface area contributed by atoms with Gasteiger partial charge in [-0.1, -0.05) is 146 Å². The molecule has 2 fully saturated rings. The second-order valence-corrected chi connectivity index (χ2v) is 17.3. The highest BCUT2D eigenvalue weighted by molar-refractivity contribution is 7.89. The maximum atomic E-state index is 13.7. The predicted molar refractivity (Wildman–Crippen MR) is 226 cm³/mol. The minimum atomic E-state index is -3.96. The quantitative estimate of drug-likeness (QED) is 0.105. The van der Waals surface area contributed by atoms with E-state index in [1.165, 1.54) is 32.1 Å². The summed E-state index contributed by atoms with van der Waals surface area (Å²) >= 11 is 0. The smallest absolute Gasteiger partial charge is 0.241 e. The standard InChI is InChI=1S/C48H55N3O6S/c1-35-17-27-42(28-18-35)58(54,55)50-43(31-36-13-7-5-8-14-36)47(53)49-32-37-19-25-41(26-20-37)48-56-44(33-51-29-11-3-2-4-12-30-51)45(39-15-9-6-10-16-39)46(57-48)40-23-21-38(34-52)22-24-40/h5-10,13-28,43-46,48,50,52H,2-4,11-12,29-34H2,1H3,(H,49,53)/t43-,44-,45-,46+,48?/m1/s1. The molecule has 0 aromatic heterocycles. The molecule has 10 heteroatoms. The zero-order valence-electron chi connectivity index (χ0n) is 33.2. The maximum absolute atomic E-state index is 13.7. The van der Waals surface area contributed by atoms with Gasteiger partial charge in [0.15, 0.2) is 6.29 Å². The van der Waals surface area contributed by atoms with Crippen molar-refractivity contribution in [3.63, 3.8) is 0 Å². The Labute approximate surface area is 343 Å². The third-order valence-corrected chi connectivity index (χ3v) is 12.8. The number of sulfonamides is 1. The van der Waals surface area contributed by atoms with Gasteiger partial charge in [-0.05, 0) is 79.2 Å². The van der Waals surface area contributed by atoms with Crippen molar-refractivity contribution in [1.29, 1.82) is 0 Å². The molecule has 5 aromatic carbocycles. The number of ether oxygens (including phenoxy) is 2. The zero-order valence-corrected chi connectivity index (χ0v) is 34.0. The van der Waals surface area contributed by atoms with Crippen LogP contribution < -0.4 is 10.0 Å². The number of likely N-dealkylation sites (tertiary alicyclic amines) is 1. The molecule has 0 spiro atoms. The summed E-state index contributed by atoms with van der Waals surface area (Å²) in [7, 11) is -3.96. The summed E-state index contributed by atoms with van der Waals surface area (Å²) in [5, 5.41) is 12.8. The van der Waals surface area contributed by atoms with Gasteiger partial charge in [0.1, 0.15) is 6.04 Å². The van der Waals surface area contributed by atoms with Crippen LogP contribution in [0.4, 0.5) is 0 Å². The van der Waals surface area contributed by atoms with Crippen LogP contribution in [0.3, 0.4) is 0 Å². The highest BCUT2D eigenvalue weighted by Crippen LogP contribution is 2.47. The third kappa shape index (κ3) is 10.9. The Kier molecular flexibility index (Phi) is 14.2. The van der Waals surface area contributed by atoms with E-state index in [1.807, 2.05) is 79.7 Å². The number of carbonyl (C=O) groups is 1. The summed E-state index contributed by atoms with van der Waals surface area (Å²) in [6.07, 6.45) is 5.24. The molecule has 5 atom stereocenters. The van der Waals surface area contributed by atoms with Crippen LogP contribution in [-0.4, -0.2) is 56.1 Å². The normalized spacial score (nSPS) is 21.1. The molecular formula is C48H55N3O6S. The van der Waals surface area contributed by atoms with E-state index >= 15 is 0 Å². The van der Waals surface area contributed by atoms with Crippen LogP contribution in [0.2, 0.25) is 0 Å². The van der Waals surface area contributed by atoms with E-state index in [0.29, 0.717) is 0 Å². The van der Waals surface area contributed by atoms with Gasteiger partial charge in [0.25, 0.3) is 0 Å². The molecule has 0 radical (unpaired) electrons. The van der Waals surface area contributed by atoms with Crippen LogP contribution in [0.15, 0.2) is 138 Å². The average molecular weight is 802 g/mol. The Hall–Kier alpha value is -4.68. The summed E-state index contributed by atoms with van der Waals surface area (Å²) in [5.74, 6) is -0.485. The molecule has 2 aliphatic heterocycles. The lowest BCUT2D eigenvalue weighted by Gasteiger charge is -2.44. The molecule has 7 rings (SSSR count). The molecule has 0 saturated carbocycles. The van der Waals surface area contributed by atoms with E-state index in [4.69, 9.17) is 9.47 Å². The van der Waals surface area contributed by atoms with Crippen molar-refractivity contribution in [2.75, 3.05) is 19.6 Å². The minimum Gasteiger partial charge on any atom is -0.392 e.